The van der Waals surface area contributed by atoms with Gasteiger partial charge in [-0.2, -0.15) is 5.26 Å². The Bertz CT molecular complexity index is 1070. The Morgan fingerprint density at radius 2 is 2.08 bits per heavy atom. The monoisotopic (exact) mass is 346 g/mol. The number of fused-ring (bicyclic) bond motifs is 2. The number of nitro benzene ring substituents is 1. The van der Waals surface area contributed by atoms with Crippen LogP contribution in [-0.2, 0) is 6.42 Å². The molecule has 2 N–H and O–H groups in total. The standard InChI is InChI=1S/C19H14N4O3/c20-10-12-8-18(21-16-6-5-13(23(25)26)9-15(12)16)22-19-14-4-2-1-3-11(14)7-17(19)24/h1-6,8-9,17,19,24H,7H2,(H,21,22)/t17-,19+/m1/s1. The number of aliphatic hydroxyl groups excluding tert-OH is 1. The summed E-state index contributed by atoms with van der Waals surface area (Å²) < 4.78 is 0. The Morgan fingerprint density at radius 3 is 2.85 bits per heavy atom. The number of benzene rings is 2. The van der Waals surface area contributed by atoms with Crippen LogP contribution in [0.25, 0.3) is 10.9 Å². The van der Waals surface area contributed by atoms with Crippen molar-refractivity contribution in [3.05, 3.63) is 75.3 Å². The summed E-state index contributed by atoms with van der Waals surface area (Å²) in [5.74, 6) is 0.448. The van der Waals surface area contributed by atoms with Gasteiger partial charge in [0.05, 0.1) is 34.2 Å². The van der Waals surface area contributed by atoms with Crippen LogP contribution < -0.4 is 5.32 Å². The Hall–Kier alpha value is -3.50. The summed E-state index contributed by atoms with van der Waals surface area (Å²) in [5, 5.41) is 34.4. The highest BCUT2D eigenvalue weighted by molar-refractivity contribution is 5.88. The molecule has 0 radical (unpaired) electrons. The topological polar surface area (TPSA) is 112 Å². The molecule has 0 amide bonds. The van der Waals surface area contributed by atoms with Gasteiger partial charge in [0.1, 0.15) is 5.82 Å². The third-order valence-electron chi connectivity index (χ3n) is 4.63. The third kappa shape index (κ3) is 2.62. The molecule has 0 saturated heterocycles. The van der Waals surface area contributed by atoms with E-state index in [0.29, 0.717) is 28.7 Å². The SMILES string of the molecule is N#Cc1cc(N[C@H]2c3ccccc3C[C@H]2O)nc2ccc([N+](=O)[O-])cc12. The highest BCUT2D eigenvalue weighted by Gasteiger charge is 2.31. The van der Waals surface area contributed by atoms with Crippen LogP contribution in [0.15, 0.2) is 48.5 Å². The number of nitrogens with one attached hydrogen (secondary N) is 1. The first kappa shape index (κ1) is 16.0. The van der Waals surface area contributed by atoms with E-state index in [4.69, 9.17) is 0 Å². The second kappa shape index (κ2) is 6.10. The van der Waals surface area contributed by atoms with Crippen LogP contribution in [0, 0.1) is 21.4 Å². The zero-order valence-electron chi connectivity index (χ0n) is 13.6. The number of non-ortho nitro benzene ring substituents is 1. The second-order valence-electron chi connectivity index (χ2n) is 6.22. The number of nitriles is 1. The van der Waals surface area contributed by atoms with Gasteiger partial charge in [-0.3, -0.25) is 10.1 Å². The van der Waals surface area contributed by atoms with E-state index >= 15 is 0 Å². The number of aliphatic hydroxyl groups is 1. The Kier molecular flexibility index (Phi) is 3.75. The van der Waals surface area contributed by atoms with Gasteiger partial charge in [0, 0.05) is 23.9 Å². The molecule has 3 aromatic rings. The quantitative estimate of drug-likeness (QED) is 0.557. The molecule has 26 heavy (non-hydrogen) atoms. The fourth-order valence-electron chi connectivity index (χ4n) is 3.40. The molecule has 128 valence electrons. The van der Waals surface area contributed by atoms with Gasteiger partial charge < -0.3 is 10.4 Å². The van der Waals surface area contributed by atoms with Gasteiger partial charge in [0.15, 0.2) is 0 Å². The van der Waals surface area contributed by atoms with Gasteiger partial charge in [-0.15, -0.1) is 0 Å². The molecular formula is C19H14N4O3. The van der Waals surface area contributed by atoms with Gasteiger partial charge in [0.2, 0.25) is 0 Å². The van der Waals surface area contributed by atoms with Crippen molar-refractivity contribution >= 4 is 22.4 Å². The predicted octanol–water partition coefficient (Wildman–Crippen LogP) is 3.08. The molecule has 0 spiro atoms. The molecule has 1 aliphatic rings. The Labute approximate surface area is 148 Å². The number of nitrogens with zero attached hydrogens (tertiary/aromatic N) is 3. The molecule has 7 heteroatoms. The smallest absolute Gasteiger partial charge is 0.270 e. The lowest BCUT2D eigenvalue weighted by atomic mass is 10.1. The van der Waals surface area contributed by atoms with Crippen molar-refractivity contribution in [2.45, 2.75) is 18.6 Å². The largest absolute Gasteiger partial charge is 0.390 e. The summed E-state index contributed by atoms with van der Waals surface area (Å²) in [6.45, 7) is 0. The molecule has 0 fully saturated rings. The van der Waals surface area contributed by atoms with Crippen molar-refractivity contribution in [1.29, 1.82) is 5.26 Å². The van der Waals surface area contributed by atoms with Crippen LogP contribution >= 0.6 is 0 Å². The molecule has 1 aliphatic carbocycles. The molecule has 1 heterocycles. The number of rotatable bonds is 3. The summed E-state index contributed by atoms with van der Waals surface area (Å²) in [4.78, 5) is 14.9. The molecule has 0 bridgehead atoms. The molecule has 0 saturated carbocycles. The minimum absolute atomic E-state index is 0.0864. The lowest BCUT2D eigenvalue weighted by Gasteiger charge is -2.19. The van der Waals surface area contributed by atoms with Crippen molar-refractivity contribution in [3.8, 4) is 6.07 Å². The summed E-state index contributed by atoms with van der Waals surface area (Å²) >= 11 is 0. The van der Waals surface area contributed by atoms with Crippen LogP contribution in [0.2, 0.25) is 0 Å². The first-order valence-corrected chi connectivity index (χ1v) is 8.08. The lowest BCUT2D eigenvalue weighted by molar-refractivity contribution is -0.384. The molecule has 0 aliphatic heterocycles. The van der Waals surface area contributed by atoms with Crippen LogP contribution in [0.4, 0.5) is 11.5 Å². The average molecular weight is 346 g/mol. The molecule has 0 unspecified atom stereocenters. The maximum Gasteiger partial charge on any atom is 0.270 e. The van der Waals surface area contributed by atoms with Gasteiger partial charge in [-0.25, -0.2) is 4.98 Å². The predicted molar refractivity (Wildman–Crippen MR) is 95.6 cm³/mol. The maximum atomic E-state index is 11.0. The zero-order valence-corrected chi connectivity index (χ0v) is 13.6. The van der Waals surface area contributed by atoms with Gasteiger partial charge in [-0.05, 0) is 23.3 Å². The Morgan fingerprint density at radius 1 is 1.27 bits per heavy atom. The molecule has 2 atom stereocenters. The van der Waals surface area contributed by atoms with Crippen molar-refractivity contribution in [2.24, 2.45) is 0 Å². The van der Waals surface area contributed by atoms with E-state index < -0.39 is 11.0 Å². The summed E-state index contributed by atoms with van der Waals surface area (Å²) in [6.07, 6.45) is -0.0362. The summed E-state index contributed by atoms with van der Waals surface area (Å²) in [6, 6.07) is 15.3. The van der Waals surface area contributed by atoms with E-state index in [1.165, 1.54) is 18.2 Å². The molecule has 2 aromatic carbocycles. The average Bonchev–Trinajstić information content (AvgIpc) is 2.96. The minimum atomic E-state index is -0.590. The number of pyridine rings is 1. The van der Waals surface area contributed by atoms with Crippen LogP contribution in [0.3, 0.4) is 0 Å². The third-order valence-corrected chi connectivity index (χ3v) is 4.63. The highest BCUT2D eigenvalue weighted by atomic mass is 16.6. The van der Waals surface area contributed by atoms with Crippen molar-refractivity contribution in [1.82, 2.24) is 4.98 Å². The maximum absolute atomic E-state index is 11.0. The van der Waals surface area contributed by atoms with E-state index in [1.807, 2.05) is 24.3 Å². The molecule has 7 nitrogen and oxygen atoms in total. The van der Waals surface area contributed by atoms with E-state index in [0.717, 1.165) is 11.1 Å². The Balaban J connectivity index is 1.75. The van der Waals surface area contributed by atoms with E-state index in [-0.39, 0.29) is 11.7 Å². The van der Waals surface area contributed by atoms with Gasteiger partial charge in [0.25, 0.3) is 5.69 Å². The van der Waals surface area contributed by atoms with Crippen LogP contribution in [0.5, 0.6) is 0 Å². The molecule has 4 rings (SSSR count). The first-order chi connectivity index (χ1) is 12.6. The van der Waals surface area contributed by atoms with E-state index in [2.05, 4.69) is 16.4 Å². The van der Waals surface area contributed by atoms with E-state index in [9.17, 15) is 20.5 Å². The number of hydrogen-bond acceptors (Lipinski definition) is 6. The number of anilines is 1. The van der Waals surface area contributed by atoms with Crippen molar-refractivity contribution < 1.29 is 10.0 Å². The summed E-state index contributed by atoms with van der Waals surface area (Å²) in [5.41, 5.74) is 2.77. The number of aromatic nitrogens is 1. The second-order valence-corrected chi connectivity index (χ2v) is 6.22. The van der Waals surface area contributed by atoms with Gasteiger partial charge >= 0.3 is 0 Å². The molecular weight excluding hydrogens is 332 g/mol. The fourth-order valence-corrected chi connectivity index (χ4v) is 3.40. The minimum Gasteiger partial charge on any atom is -0.390 e. The fraction of sp³-hybridized carbons (Fsp3) is 0.158. The number of hydrogen-bond donors (Lipinski definition) is 2. The highest BCUT2D eigenvalue weighted by Crippen LogP contribution is 2.34. The van der Waals surface area contributed by atoms with Crippen LogP contribution in [-0.4, -0.2) is 21.1 Å². The van der Waals surface area contributed by atoms with Crippen molar-refractivity contribution in [2.75, 3.05) is 5.32 Å². The lowest BCUT2D eigenvalue weighted by Crippen LogP contribution is -2.21. The summed E-state index contributed by atoms with van der Waals surface area (Å²) in [7, 11) is 0. The molecule has 1 aromatic heterocycles. The van der Waals surface area contributed by atoms with Crippen LogP contribution in [0.1, 0.15) is 22.7 Å². The van der Waals surface area contributed by atoms with Gasteiger partial charge in [-0.1, -0.05) is 24.3 Å². The first-order valence-electron chi connectivity index (χ1n) is 8.08. The normalized spacial score (nSPS) is 18.3. The zero-order chi connectivity index (χ0) is 18.3. The van der Waals surface area contributed by atoms with E-state index in [1.54, 1.807) is 6.07 Å². The van der Waals surface area contributed by atoms with Crippen molar-refractivity contribution in [3.63, 3.8) is 0 Å². The number of nitro groups is 1.